The van der Waals surface area contributed by atoms with Crippen molar-refractivity contribution < 1.29 is 14.3 Å². The van der Waals surface area contributed by atoms with E-state index in [1.807, 2.05) is 0 Å². The summed E-state index contributed by atoms with van der Waals surface area (Å²) in [6.07, 6.45) is 3.12. The second kappa shape index (κ2) is 3.73. The van der Waals surface area contributed by atoms with Crippen molar-refractivity contribution in [2.45, 2.75) is 0 Å². The Morgan fingerprint density at radius 1 is 1.50 bits per heavy atom. The number of fused-ring (bicyclic) bond motifs is 1. The number of anilines is 1. The number of hydrogen-bond acceptors (Lipinski definition) is 5. The molecule has 0 atom stereocenters. The summed E-state index contributed by atoms with van der Waals surface area (Å²) in [5.74, 6) is -0.107. The van der Waals surface area contributed by atoms with Crippen LogP contribution >= 0.6 is 0 Å². The topological polar surface area (TPSA) is 78.9 Å². The third-order valence-electron chi connectivity index (χ3n) is 2.28. The van der Waals surface area contributed by atoms with Crippen LogP contribution in [0.15, 0.2) is 18.5 Å². The molecule has 2 rings (SSSR count). The number of nitrogens with zero attached hydrogens (tertiary/aromatic N) is 2. The quantitative estimate of drug-likeness (QED) is 0.755. The van der Waals surface area contributed by atoms with Gasteiger partial charge >= 0.3 is 5.97 Å². The fraction of sp³-hybridized carbons (Fsp3) is 0.200. The fourth-order valence-corrected chi connectivity index (χ4v) is 1.55. The minimum atomic E-state index is -0.472. The molecular formula is C10H11N3O3. The molecule has 0 saturated heterocycles. The molecule has 6 heteroatoms. The third-order valence-corrected chi connectivity index (χ3v) is 2.28. The van der Waals surface area contributed by atoms with Gasteiger partial charge in [-0.05, 0) is 6.07 Å². The average Bonchev–Trinajstić information content (AvgIpc) is 2.69. The van der Waals surface area contributed by atoms with Crippen LogP contribution in [0.3, 0.4) is 0 Å². The van der Waals surface area contributed by atoms with Crippen LogP contribution in [-0.4, -0.2) is 29.8 Å². The predicted molar refractivity (Wildman–Crippen MR) is 57.5 cm³/mol. The zero-order valence-electron chi connectivity index (χ0n) is 8.93. The van der Waals surface area contributed by atoms with Crippen LogP contribution in [0.4, 0.5) is 5.69 Å². The van der Waals surface area contributed by atoms with Crippen molar-refractivity contribution in [3.63, 3.8) is 0 Å². The van der Waals surface area contributed by atoms with Gasteiger partial charge in [0.05, 0.1) is 26.1 Å². The van der Waals surface area contributed by atoms with Gasteiger partial charge in [0.25, 0.3) is 0 Å². The maximum atomic E-state index is 11.5. The summed E-state index contributed by atoms with van der Waals surface area (Å²) in [6.45, 7) is 0. The first-order valence-corrected chi connectivity index (χ1v) is 4.57. The van der Waals surface area contributed by atoms with Gasteiger partial charge in [-0.15, -0.1) is 0 Å². The molecule has 6 nitrogen and oxygen atoms in total. The Kier molecular flexibility index (Phi) is 2.40. The van der Waals surface area contributed by atoms with E-state index in [0.717, 1.165) is 0 Å². The number of ether oxygens (including phenoxy) is 2. The van der Waals surface area contributed by atoms with E-state index < -0.39 is 5.97 Å². The Labute approximate surface area is 91.6 Å². The number of nitrogen functional groups attached to an aromatic ring is 1. The van der Waals surface area contributed by atoms with Gasteiger partial charge in [0.15, 0.2) is 5.75 Å². The number of methoxy groups -OCH3 is 2. The van der Waals surface area contributed by atoms with Crippen molar-refractivity contribution in [3.8, 4) is 5.75 Å². The number of hydrogen-bond donors (Lipinski definition) is 1. The van der Waals surface area contributed by atoms with Crippen LogP contribution < -0.4 is 10.5 Å². The van der Waals surface area contributed by atoms with E-state index in [9.17, 15) is 4.79 Å². The van der Waals surface area contributed by atoms with Crippen LogP contribution in [0.1, 0.15) is 10.4 Å². The molecule has 0 aliphatic rings. The lowest BCUT2D eigenvalue weighted by molar-refractivity contribution is 0.0597. The molecule has 2 aromatic heterocycles. The molecule has 0 saturated carbocycles. The molecule has 0 fully saturated rings. The summed E-state index contributed by atoms with van der Waals surface area (Å²) < 4.78 is 11.4. The highest BCUT2D eigenvalue weighted by Crippen LogP contribution is 2.29. The van der Waals surface area contributed by atoms with Crippen molar-refractivity contribution in [2.24, 2.45) is 0 Å². The highest BCUT2D eigenvalue weighted by molar-refractivity contribution is 5.97. The van der Waals surface area contributed by atoms with Crippen molar-refractivity contribution in [1.82, 2.24) is 9.61 Å². The minimum Gasteiger partial charge on any atom is -0.493 e. The molecule has 2 N–H and O–H groups in total. The molecule has 84 valence electrons. The Balaban J connectivity index is 2.76. The summed E-state index contributed by atoms with van der Waals surface area (Å²) in [6, 6.07) is 1.57. The molecule has 0 spiro atoms. The zero-order chi connectivity index (χ0) is 11.7. The number of carbonyl (C=O) groups excluding carboxylic acids is 1. The van der Waals surface area contributed by atoms with Gasteiger partial charge in [0.2, 0.25) is 0 Å². The summed E-state index contributed by atoms with van der Waals surface area (Å²) in [7, 11) is 2.78. The Bertz CT molecular complexity index is 547. The molecule has 0 amide bonds. The molecule has 0 aliphatic heterocycles. The largest absolute Gasteiger partial charge is 0.493 e. The van der Waals surface area contributed by atoms with Gasteiger partial charge < -0.3 is 15.2 Å². The molecule has 0 radical (unpaired) electrons. The van der Waals surface area contributed by atoms with E-state index in [1.54, 1.807) is 16.8 Å². The zero-order valence-corrected chi connectivity index (χ0v) is 8.93. The van der Waals surface area contributed by atoms with Crippen molar-refractivity contribution in [2.75, 3.05) is 20.0 Å². The lowest BCUT2D eigenvalue weighted by Gasteiger charge is -2.08. The van der Waals surface area contributed by atoms with Gasteiger partial charge in [-0.1, -0.05) is 0 Å². The van der Waals surface area contributed by atoms with Crippen molar-refractivity contribution in [1.29, 1.82) is 0 Å². The molecule has 0 unspecified atom stereocenters. The number of pyridine rings is 1. The van der Waals surface area contributed by atoms with Crippen LogP contribution in [0.25, 0.3) is 5.52 Å². The number of carbonyl (C=O) groups is 1. The van der Waals surface area contributed by atoms with Crippen LogP contribution in [0.5, 0.6) is 5.75 Å². The van der Waals surface area contributed by atoms with Gasteiger partial charge in [-0.3, -0.25) is 0 Å². The molecule has 2 heterocycles. The summed E-state index contributed by atoms with van der Waals surface area (Å²) in [5, 5.41) is 4.01. The Morgan fingerprint density at radius 2 is 2.25 bits per heavy atom. The summed E-state index contributed by atoms with van der Waals surface area (Å²) in [4.78, 5) is 11.5. The number of aromatic nitrogens is 2. The van der Waals surface area contributed by atoms with E-state index in [2.05, 4.69) is 9.84 Å². The van der Waals surface area contributed by atoms with E-state index in [4.69, 9.17) is 10.5 Å². The molecule has 0 aromatic carbocycles. The van der Waals surface area contributed by atoms with Crippen molar-refractivity contribution in [3.05, 3.63) is 24.0 Å². The molecular weight excluding hydrogens is 210 g/mol. The maximum absolute atomic E-state index is 11.5. The predicted octanol–water partition coefficient (Wildman–Crippen LogP) is 0.712. The Hall–Kier alpha value is -2.24. The first kappa shape index (κ1) is 10.3. The minimum absolute atomic E-state index is 0.324. The lowest BCUT2D eigenvalue weighted by atomic mass is 10.2. The number of nitrogens with two attached hydrogens (primary N) is 1. The van der Waals surface area contributed by atoms with Gasteiger partial charge in [0.1, 0.15) is 11.1 Å². The fourth-order valence-electron chi connectivity index (χ4n) is 1.55. The molecule has 16 heavy (non-hydrogen) atoms. The third kappa shape index (κ3) is 1.35. The first-order chi connectivity index (χ1) is 7.69. The molecule has 0 aliphatic carbocycles. The van der Waals surface area contributed by atoms with Gasteiger partial charge in [-0.2, -0.15) is 5.10 Å². The summed E-state index contributed by atoms with van der Waals surface area (Å²) >= 11 is 0. The second-order valence-corrected chi connectivity index (χ2v) is 3.15. The van der Waals surface area contributed by atoms with E-state index in [1.165, 1.54) is 20.4 Å². The second-order valence-electron chi connectivity index (χ2n) is 3.15. The van der Waals surface area contributed by atoms with Gasteiger partial charge in [0, 0.05) is 6.20 Å². The lowest BCUT2D eigenvalue weighted by Crippen LogP contribution is -2.06. The summed E-state index contributed by atoms with van der Waals surface area (Å²) in [5.41, 5.74) is 7.08. The highest BCUT2D eigenvalue weighted by atomic mass is 16.5. The average molecular weight is 221 g/mol. The normalized spacial score (nSPS) is 10.4. The number of esters is 1. The maximum Gasteiger partial charge on any atom is 0.341 e. The van der Waals surface area contributed by atoms with Gasteiger partial charge in [-0.25, -0.2) is 9.31 Å². The SMILES string of the molecule is COC(=O)c1ccn2ncc(N)c2c1OC. The van der Waals surface area contributed by atoms with Crippen molar-refractivity contribution >= 4 is 17.2 Å². The first-order valence-electron chi connectivity index (χ1n) is 4.57. The molecule has 2 aromatic rings. The number of rotatable bonds is 2. The monoisotopic (exact) mass is 221 g/mol. The smallest absolute Gasteiger partial charge is 0.341 e. The van der Waals surface area contributed by atoms with Crippen LogP contribution in [0, 0.1) is 0 Å². The Morgan fingerprint density at radius 3 is 2.88 bits per heavy atom. The van der Waals surface area contributed by atoms with E-state index in [0.29, 0.717) is 22.5 Å². The molecule has 0 bridgehead atoms. The standard InChI is InChI=1S/C10H11N3O3/c1-15-9-6(10(14)16-2)3-4-13-8(9)7(11)5-12-13/h3-5H,11H2,1-2H3. The van der Waals surface area contributed by atoms with E-state index in [-0.39, 0.29) is 0 Å². The van der Waals surface area contributed by atoms with Crippen LogP contribution in [0.2, 0.25) is 0 Å². The highest BCUT2D eigenvalue weighted by Gasteiger charge is 2.18. The van der Waals surface area contributed by atoms with E-state index >= 15 is 0 Å². The van der Waals surface area contributed by atoms with Crippen LogP contribution in [-0.2, 0) is 4.74 Å².